The minimum absolute atomic E-state index is 0.590. The molecule has 136 valence electrons. The molecule has 0 aromatic heterocycles. The summed E-state index contributed by atoms with van der Waals surface area (Å²) in [6, 6.07) is 15.4. The van der Waals surface area contributed by atoms with Crippen molar-refractivity contribution in [3.63, 3.8) is 0 Å². The van der Waals surface area contributed by atoms with Gasteiger partial charge in [0, 0.05) is 9.79 Å². The van der Waals surface area contributed by atoms with Gasteiger partial charge in [0.2, 0.25) is 0 Å². The molecule has 3 heteroatoms. The maximum atomic E-state index is 14.0. The van der Waals surface area contributed by atoms with Gasteiger partial charge in [-0.15, -0.1) is 0 Å². The average molecular weight is 363 g/mol. The molecular weight excluding hydrogens is 334 g/mol. The highest BCUT2D eigenvalue weighted by atomic mass is 32.2. The fourth-order valence-electron chi connectivity index (χ4n) is 2.73. The van der Waals surface area contributed by atoms with E-state index in [1.807, 2.05) is 48.5 Å². The van der Waals surface area contributed by atoms with Crippen LogP contribution in [0.2, 0.25) is 0 Å². The first kappa shape index (κ1) is 20.0. The van der Waals surface area contributed by atoms with Gasteiger partial charge in [-0.05, 0) is 48.2 Å². The van der Waals surface area contributed by atoms with Crippen molar-refractivity contribution in [2.45, 2.75) is 74.5 Å². The summed E-state index contributed by atoms with van der Waals surface area (Å²) in [4.78, 5) is 2.14. The lowest BCUT2D eigenvalue weighted by Gasteiger charge is -2.10. The van der Waals surface area contributed by atoms with Crippen molar-refractivity contribution in [2.75, 3.05) is 0 Å². The van der Waals surface area contributed by atoms with E-state index in [4.69, 9.17) is 0 Å². The second-order valence-electron chi connectivity index (χ2n) is 6.46. The van der Waals surface area contributed by atoms with Gasteiger partial charge in [-0.1, -0.05) is 75.6 Å². The van der Waals surface area contributed by atoms with Crippen molar-refractivity contribution in [1.82, 2.24) is 0 Å². The Morgan fingerprint density at radius 2 is 1.04 bits per heavy atom. The summed E-state index contributed by atoms with van der Waals surface area (Å²) in [5.74, 6) is 0. The summed E-state index contributed by atoms with van der Waals surface area (Å²) < 4.78 is 28.1. The van der Waals surface area contributed by atoms with Crippen LogP contribution >= 0.6 is 11.8 Å². The molecule has 0 spiro atoms. The molecule has 0 fully saturated rings. The number of hydrogen-bond acceptors (Lipinski definition) is 1. The maximum absolute atomic E-state index is 14.0. The first-order chi connectivity index (χ1) is 12.1. The van der Waals surface area contributed by atoms with Gasteiger partial charge in [-0.2, -0.15) is 0 Å². The molecule has 0 N–H and O–H groups in total. The van der Waals surface area contributed by atoms with E-state index in [2.05, 4.69) is 13.8 Å². The fourth-order valence-corrected chi connectivity index (χ4v) is 3.54. The van der Waals surface area contributed by atoms with E-state index < -0.39 is 12.3 Å². The average Bonchev–Trinajstić information content (AvgIpc) is 2.65. The van der Waals surface area contributed by atoms with Crippen LogP contribution in [0.4, 0.5) is 8.78 Å². The molecule has 0 saturated heterocycles. The molecule has 0 radical (unpaired) electrons. The standard InChI is InChI=1S/C22H28F2S/c1-3-5-7-21(23)17-9-13-19(14-10-17)25-20-15-11-18(12-16-20)22(24)8-6-4-2/h9-16,21-22H,3-8H2,1-2H3. The van der Waals surface area contributed by atoms with Crippen LogP contribution < -0.4 is 0 Å². The second kappa shape index (κ2) is 10.6. The molecule has 0 saturated carbocycles. The highest BCUT2D eigenvalue weighted by Crippen LogP contribution is 2.32. The molecular formula is C22H28F2S. The molecule has 2 aromatic carbocycles. The quantitative estimate of drug-likeness (QED) is 0.410. The molecule has 0 aliphatic rings. The van der Waals surface area contributed by atoms with Gasteiger partial charge in [-0.3, -0.25) is 0 Å². The molecule has 2 atom stereocenters. The molecule has 2 unspecified atom stereocenters. The van der Waals surface area contributed by atoms with Gasteiger partial charge < -0.3 is 0 Å². The number of hydrogen-bond donors (Lipinski definition) is 0. The smallest absolute Gasteiger partial charge is 0.125 e. The lowest BCUT2D eigenvalue weighted by atomic mass is 10.1. The van der Waals surface area contributed by atoms with E-state index in [0.29, 0.717) is 12.8 Å². The predicted octanol–water partition coefficient (Wildman–Crippen LogP) is 8.24. The van der Waals surface area contributed by atoms with E-state index in [0.717, 1.165) is 46.6 Å². The van der Waals surface area contributed by atoms with Crippen molar-refractivity contribution >= 4 is 11.8 Å². The molecule has 0 bridgehead atoms. The number of alkyl halides is 2. The Morgan fingerprint density at radius 1 is 0.680 bits per heavy atom. The molecule has 0 aliphatic heterocycles. The lowest BCUT2D eigenvalue weighted by molar-refractivity contribution is 0.315. The molecule has 25 heavy (non-hydrogen) atoms. The molecule has 0 amide bonds. The van der Waals surface area contributed by atoms with Crippen molar-refractivity contribution in [2.24, 2.45) is 0 Å². The third-order valence-corrected chi connectivity index (χ3v) is 5.36. The summed E-state index contributed by atoms with van der Waals surface area (Å²) in [5, 5.41) is 0. The Kier molecular flexibility index (Phi) is 8.47. The van der Waals surface area contributed by atoms with Gasteiger partial charge in [-0.25, -0.2) is 8.78 Å². The van der Waals surface area contributed by atoms with Crippen molar-refractivity contribution in [1.29, 1.82) is 0 Å². The SMILES string of the molecule is CCCCC(F)c1ccc(Sc2ccc(C(F)CCCC)cc2)cc1. The zero-order valence-electron chi connectivity index (χ0n) is 15.2. The van der Waals surface area contributed by atoms with Gasteiger partial charge in [0.15, 0.2) is 0 Å². The number of unbranched alkanes of at least 4 members (excludes halogenated alkanes) is 2. The van der Waals surface area contributed by atoms with Crippen LogP contribution in [0.3, 0.4) is 0 Å². The minimum Gasteiger partial charge on any atom is -0.242 e. The van der Waals surface area contributed by atoms with Crippen molar-refractivity contribution in [3.05, 3.63) is 59.7 Å². The highest BCUT2D eigenvalue weighted by molar-refractivity contribution is 7.99. The van der Waals surface area contributed by atoms with Crippen molar-refractivity contribution in [3.8, 4) is 0 Å². The molecule has 0 aliphatic carbocycles. The van der Waals surface area contributed by atoms with E-state index in [1.54, 1.807) is 11.8 Å². The molecule has 0 heterocycles. The predicted molar refractivity (Wildman–Crippen MR) is 104 cm³/mol. The zero-order valence-corrected chi connectivity index (χ0v) is 16.0. The van der Waals surface area contributed by atoms with Crippen LogP contribution in [0.1, 0.15) is 75.8 Å². The zero-order chi connectivity index (χ0) is 18.1. The van der Waals surface area contributed by atoms with Gasteiger partial charge in [0.05, 0.1) is 0 Å². The van der Waals surface area contributed by atoms with Gasteiger partial charge in [0.1, 0.15) is 12.3 Å². The van der Waals surface area contributed by atoms with Crippen LogP contribution in [-0.2, 0) is 0 Å². The Balaban J connectivity index is 1.93. The summed E-state index contributed by atoms with van der Waals surface area (Å²) in [6.07, 6.45) is 3.30. The Bertz CT molecular complexity index is 551. The van der Waals surface area contributed by atoms with Gasteiger partial charge in [0.25, 0.3) is 0 Å². The Labute approximate surface area is 155 Å². The lowest BCUT2D eigenvalue weighted by Crippen LogP contribution is -1.92. The normalized spacial score (nSPS) is 13.6. The van der Waals surface area contributed by atoms with Crippen LogP contribution in [0.25, 0.3) is 0 Å². The maximum Gasteiger partial charge on any atom is 0.125 e. The fraction of sp³-hybridized carbons (Fsp3) is 0.455. The minimum atomic E-state index is -0.872. The molecule has 0 nitrogen and oxygen atoms in total. The van der Waals surface area contributed by atoms with Crippen molar-refractivity contribution < 1.29 is 8.78 Å². The highest BCUT2D eigenvalue weighted by Gasteiger charge is 2.10. The van der Waals surface area contributed by atoms with Crippen LogP contribution in [0.5, 0.6) is 0 Å². The summed E-state index contributed by atoms with van der Waals surface area (Å²) in [7, 11) is 0. The van der Waals surface area contributed by atoms with E-state index in [-0.39, 0.29) is 0 Å². The van der Waals surface area contributed by atoms with Crippen LogP contribution in [0, 0.1) is 0 Å². The van der Waals surface area contributed by atoms with E-state index >= 15 is 0 Å². The van der Waals surface area contributed by atoms with Crippen LogP contribution in [-0.4, -0.2) is 0 Å². The summed E-state index contributed by atoms with van der Waals surface area (Å²) >= 11 is 1.62. The third-order valence-electron chi connectivity index (χ3n) is 4.34. The Hall–Kier alpha value is -1.35. The Morgan fingerprint density at radius 3 is 1.36 bits per heavy atom. The number of benzene rings is 2. The third kappa shape index (κ3) is 6.47. The van der Waals surface area contributed by atoms with Crippen LogP contribution in [0.15, 0.2) is 58.3 Å². The first-order valence-corrected chi connectivity index (χ1v) is 10.1. The van der Waals surface area contributed by atoms with E-state index in [9.17, 15) is 8.78 Å². The first-order valence-electron chi connectivity index (χ1n) is 9.30. The monoisotopic (exact) mass is 362 g/mol. The molecule has 2 rings (SSSR count). The van der Waals surface area contributed by atoms with Gasteiger partial charge >= 0.3 is 0 Å². The molecule has 2 aromatic rings. The summed E-state index contributed by atoms with van der Waals surface area (Å²) in [5.41, 5.74) is 1.51. The topological polar surface area (TPSA) is 0 Å². The summed E-state index contributed by atoms with van der Waals surface area (Å²) in [6.45, 7) is 4.15. The number of rotatable bonds is 10. The largest absolute Gasteiger partial charge is 0.242 e. The van der Waals surface area contributed by atoms with E-state index in [1.165, 1.54) is 0 Å². The number of halogens is 2. The second-order valence-corrected chi connectivity index (χ2v) is 7.61.